The van der Waals surface area contributed by atoms with Gasteiger partial charge < -0.3 is 9.68 Å². The molecule has 0 unspecified atom stereocenters. The van der Waals surface area contributed by atoms with Gasteiger partial charge in [0.25, 0.3) is 0 Å². The number of carbonyl (C=O) groups is 2. The van der Waals surface area contributed by atoms with Crippen LogP contribution >= 0.6 is 22.9 Å². The highest BCUT2D eigenvalue weighted by Crippen LogP contribution is 2.16. The molecule has 8 heteroatoms. The van der Waals surface area contributed by atoms with E-state index in [1.54, 1.807) is 16.9 Å². The van der Waals surface area contributed by atoms with Crippen LogP contribution in [-0.2, 0) is 19.3 Å². The highest BCUT2D eigenvalue weighted by Gasteiger charge is 2.37. The number of nitrogens with zero attached hydrogens (tertiary/aromatic N) is 1. The second-order valence-electron chi connectivity index (χ2n) is 3.14. The van der Waals surface area contributed by atoms with Crippen LogP contribution in [0.3, 0.4) is 0 Å². The zero-order valence-corrected chi connectivity index (χ0v) is 9.66. The number of aldehydes is 1. The van der Waals surface area contributed by atoms with Crippen molar-refractivity contribution < 1.29 is 19.3 Å². The van der Waals surface area contributed by atoms with Crippen LogP contribution in [-0.4, -0.2) is 37.2 Å². The summed E-state index contributed by atoms with van der Waals surface area (Å²) in [5, 5.41) is 0. The maximum absolute atomic E-state index is 11.0. The summed E-state index contributed by atoms with van der Waals surface area (Å²) in [5.74, 6) is -0.513. The largest absolute Gasteiger partial charge is 0.483 e. The van der Waals surface area contributed by atoms with E-state index in [0.717, 1.165) is 4.78 Å². The maximum Gasteiger partial charge on any atom is 0.483 e. The number of carbonyl (C=O) groups excluding carboxylic acids is 2. The van der Waals surface area contributed by atoms with Crippen LogP contribution in [0.5, 0.6) is 0 Å². The van der Waals surface area contributed by atoms with Crippen molar-refractivity contribution in [3.8, 4) is 0 Å². The molecular weight excluding hydrogens is 252 g/mol. The molecule has 5 nitrogen and oxygen atoms in total. The Morgan fingerprint density at radius 3 is 3.06 bits per heavy atom. The third-order valence-corrected chi connectivity index (χ3v) is 3.30. The molecule has 1 aliphatic rings. The lowest BCUT2D eigenvalue weighted by Crippen LogP contribution is -2.56. The van der Waals surface area contributed by atoms with E-state index < -0.39 is 13.0 Å². The highest BCUT2D eigenvalue weighted by molar-refractivity contribution is 7.25. The van der Waals surface area contributed by atoms with E-state index in [2.05, 4.69) is 4.89 Å². The normalized spacial score (nSPS) is 17.3. The summed E-state index contributed by atoms with van der Waals surface area (Å²) in [6.07, 6.45) is 0.712. The van der Waals surface area contributed by atoms with Crippen molar-refractivity contribution in [2.75, 3.05) is 13.1 Å². The van der Waals surface area contributed by atoms with Gasteiger partial charge in [-0.2, -0.15) is 0 Å². The molecule has 0 aromatic carbocycles. The van der Waals surface area contributed by atoms with E-state index in [1.807, 2.05) is 0 Å². The van der Waals surface area contributed by atoms with Crippen molar-refractivity contribution >= 4 is 47.0 Å². The average molecular weight is 259 g/mol. The molecule has 1 saturated heterocycles. The first-order chi connectivity index (χ1) is 7.70. The number of rotatable bonds is 3. The molecular formula is C8H7BClNO4S. The molecule has 84 valence electrons. The minimum atomic E-state index is -0.555. The van der Waals surface area contributed by atoms with Gasteiger partial charge in [0.15, 0.2) is 0 Å². The third kappa shape index (κ3) is 2.44. The molecule has 0 spiro atoms. The van der Waals surface area contributed by atoms with Crippen LogP contribution in [0, 0.1) is 0 Å². The molecule has 0 aliphatic carbocycles. The van der Waals surface area contributed by atoms with Crippen LogP contribution in [0.2, 0.25) is 4.34 Å². The van der Waals surface area contributed by atoms with Crippen molar-refractivity contribution in [3.05, 3.63) is 16.5 Å². The SMILES string of the molecule is O=CCN1CC(=O)OOB1c1ccc(Cl)s1. The third-order valence-electron chi connectivity index (χ3n) is 2.04. The van der Waals surface area contributed by atoms with Gasteiger partial charge in [-0.1, -0.05) is 17.7 Å². The first-order valence-corrected chi connectivity index (χ1v) is 5.69. The molecule has 0 amide bonds. The van der Waals surface area contributed by atoms with Gasteiger partial charge in [-0.25, -0.2) is 9.60 Å². The molecule has 0 N–H and O–H groups in total. The smallest absolute Gasteiger partial charge is 0.311 e. The van der Waals surface area contributed by atoms with Crippen LogP contribution in [0.25, 0.3) is 0 Å². The van der Waals surface area contributed by atoms with Crippen molar-refractivity contribution in [2.24, 2.45) is 0 Å². The lowest BCUT2D eigenvalue weighted by Gasteiger charge is -2.27. The monoisotopic (exact) mass is 259 g/mol. The summed E-state index contributed by atoms with van der Waals surface area (Å²) in [6, 6.07) is 3.50. The van der Waals surface area contributed by atoms with Gasteiger partial charge in [0, 0.05) is 11.3 Å². The number of halogens is 1. The van der Waals surface area contributed by atoms with Crippen molar-refractivity contribution in [2.45, 2.75) is 0 Å². The number of thiophene rings is 1. The lowest BCUT2D eigenvalue weighted by atomic mass is 9.78. The molecule has 2 rings (SSSR count). The van der Waals surface area contributed by atoms with Crippen LogP contribution in [0.15, 0.2) is 12.1 Å². The zero-order valence-electron chi connectivity index (χ0n) is 8.09. The van der Waals surface area contributed by atoms with Gasteiger partial charge in [0.05, 0.1) is 10.9 Å². The summed E-state index contributed by atoms with van der Waals surface area (Å²) in [4.78, 5) is 32.5. The van der Waals surface area contributed by atoms with Gasteiger partial charge in [-0.3, -0.25) is 4.81 Å². The Balaban J connectivity index is 2.17. The minimum absolute atomic E-state index is 0.0267. The lowest BCUT2D eigenvalue weighted by molar-refractivity contribution is -0.228. The van der Waals surface area contributed by atoms with Crippen molar-refractivity contribution in [1.82, 2.24) is 4.81 Å². The Hall–Kier alpha value is -0.885. The van der Waals surface area contributed by atoms with E-state index in [1.165, 1.54) is 11.3 Å². The first kappa shape index (κ1) is 11.6. The van der Waals surface area contributed by atoms with E-state index >= 15 is 0 Å². The summed E-state index contributed by atoms with van der Waals surface area (Å²) in [7, 11) is -0.555. The van der Waals surface area contributed by atoms with Gasteiger partial charge in [0.2, 0.25) is 0 Å². The Kier molecular flexibility index (Phi) is 3.60. The fraction of sp³-hybridized carbons (Fsp3) is 0.250. The first-order valence-electron chi connectivity index (χ1n) is 4.50. The maximum atomic E-state index is 11.0. The molecule has 0 saturated carbocycles. The van der Waals surface area contributed by atoms with Gasteiger partial charge >= 0.3 is 13.0 Å². The van der Waals surface area contributed by atoms with Crippen molar-refractivity contribution in [3.63, 3.8) is 0 Å². The molecule has 0 radical (unpaired) electrons. The Morgan fingerprint density at radius 1 is 1.62 bits per heavy atom. The average Bonchev–Trinajstić information content (AvgIpc) is 2.65. The fourth-order valence-corrected chi connectivity index (χ4v) is 2.50. The van der Waals surface area contributed by atoms with Crippen molar-refractivity contribution in [1.29, 1.82) is 0 Å². The standard InChI is InChI=1S/C8H7BClNO4S/c10-7-2-1-6(16-7)9-11(3-4-12)5-8(13)14-15-9/h1-2,4H,3,5H2. The molecule has 16 heavy (non-hydrogen) atoms. The highest BCUT2D eigenvalue weighted by atomic mass is 35.5. The summed E-state index contributed by atoms with van der Waals surface area (Å²) >= 11 is 7.12. The van der Waals surface area contributed by atoms with Crippen LogP contribution in [0.1, 0.15) is 0 Å². The van der Waals surface area contributed by atoms with E-state index in [-0.39, 0.29) is 13.1 Å². The Morgan fingerprint density at radius 2 is 2.44 bits per heavy atom. The van der Waals surface area contributed by atoms with E-state index in [0.29, 0.717) is 10.6 Å². The molecule has 1 aliphatic heterocycles. The van der Waals surface area contributed by atoms with Crippen LogP contribution < -0.4 is 4.78 Å². The molecule has 1 aromatic rings. The van der Waals surface area contributed by atoms with Gasteiger partial charge in [-0.05, 0) is 6.07 Å². The molecule has 1 fully saturated rings. The predicted octanol–water partition coefficient (Wildman–Crippen LogP) is 0.0860. The fourth-order valence-electron chi connectivity index (χ4n) is 1.38. The Bertz CT molecular complexity index is 412. The van der Waals surface area contributed by atoms with Crippen LogP contribution in [0.4, 0.5) is 0 Å². The molecule has 2 heterocycles. The predicted molar refractivity (Wildman–Crippen MR) is 59.5 cm³/mol. The number of hydrogen-bond acceptors (Lipinski definition) is 6. The Labute approximate surface area is 101 Å². The quantitative estimate of drug-likeness (QED) is 0.437. The topological polar surface area (TPSA) is 55.8 Å². The molecule has 0 atom stereocenters. The second kappa shape index (κ2) is 4.96. The van der Waals surface area contributed by atoms with E-state index in [4.69, 9.17) is 16.4 Å². The molecule has 0 bridgehead atoms. The van der Waals surface area contributed by atoms with Gasteiger partial charge in [-0.15, -0.1) is 11.3 Å². The molecule has 1 aromatic heterocycles. The zero-order chi connectivity index (χ0) is 11.5. The summed E-state index contributed by atoms with van der Waals surface area (Å²) < 4.78 is 1.40. The summed E-state index contributed by atoms with van der Waals surface area (Å²) in [5.41, 5.74) is 0. The second-order valence-corrected chi connectivity index (χ2v) is 4.89. The van der Waals surface area contributed by atoms with Gasteiger partial charge in [0.1, 0.15) is 6.29 Å². The minimum Gasteiger partial charge on any atom is -0.311 e. The number of hydrogen-bond donors (Lipinski definition) is 0. The van der Waals surface area contributed by atoms with E-state index in [9.17, 15) is 9.59 Å². The summed E-state index contributed by atoms with van der Waals surface area (Å²) in [6.45, 7) is 0.133.